The van der Waals surface area contributed by atoms with Gasteiger partial charge in [-0.25, -0.2) is 4.68 Å². The molecule has 0 bridgehead atoms. The molecule has 1 aliphatic heterocycles. The van der Waals surface area contributed by atoms with Gasteiger partial charge < -0.3 is 15.7 Å². The zero-order valence-electron chi connectivity index (χ0n) is 16.4. The van der Waals surface area contributed by atoms with Crippen molar-refractivity contribution >= 4 is 23.0 Å². The molecule has 0 spiro atoms. The number of piperazine rings is 1. The van der Waals surface area contributed by atoms with Crippen LogP contribution in [-0.2, 0) is 6.54 Å². The third-order valence-corrected chi connectivity index (χ3v) is 5.49. The Labute approximate surface area is 170 Å². The van der Waals surface area contributed by atoms with Crippen LogP contribution in [0.4, 0.5) is 11.4 Å². The van der Waals surface area contributed by atoms with Crippen LogP contribution in [0.2, 0.25) is 5.02 Å². The van der Waals surface area contributed by atoms with Crippen LogP contribution in [0.25, 0.3) is 0 Å². The lowest BCUT2D eigenvalue weighted by atomic mass is 10.1. The molecule has 1 aromatic carbocycles. The Morgan fingerprint density at radius 1 is 1.18 bits per heavy atom. The second kappa shape index (κ2) is 8.94. The minimum atomic E-state index is -0.799. The van der Waals surface area contributed by atoms with Crippen molar-refractivity contribution in [3.05, 3.63) is 50.9 Å². The number of aliphatic hydroxyl groups excluding tert-OH is 1. The van der Waals surface area contributed by atoms with E-state index in [1.165, 1.54) is 10.4 Å². The van der Waals surface area contributed by atoms with Crippen molar-refractivity contribution in [2.24, 2.45) is 0 Å². The van der Waals surface area contributed by atoms with E-state index in [4.69, 9.17) is 17.3 Å². The van der Waals surface area contributed by atoms with Crippen LogP contribution >= 0.6 is 11.6 Å². The first-order chi connectivity index (χ1) is 13.4. The van der Waals surface area contributed by atoms with E-state index in [-0.39, 0.29) is 11.2 Å². The molecule has 1 aromatic heterocycles. The summed E-state index contributed by atoms with van der Waals surface area (Å²) in [6, 6.07) is 7.95. The first-order valence-electron chi connectivity index (χ1n) is 9.65. The minimum Gasteiger partial charge on any atom is -0.394 e. The Bertz CT molecular complexity index is 858. The Hall–Kier alpha value is -2.09. The number of aliphatic hydroxyl groups is 1. The highest BCUT2D eigenvalue weighted by Gasteiger charge is 2.18. The van der Waals surface area contributed by atoms with Gasteiger partial charge in [0, 0.05) is 55.5 Å². The third kappa shape index (κ3) is 4.66. The molecule has 3 rings (SSSR count). The van der Waals surface area contributed by atoms with Crippen LogP contribution in [0.3, 0.4) is 0 Å². The van der Waals surface area contributed by atoms with Gasteiger partial charge in [-0.1, -0.05) is 11.6 Å². The number of hydrogen-bond acceptors (Lipinski definition) is 6. The van der Waals surface area contributed by atoms with Gasteiger partial charge in [-0.2, -0.15) is 5.10 Å². The molecule has 0 amide bonds. The number of hydrogen-bond donors (Lipinski definition) is 2. The van der Waals surface area contributed by atoms with Crippen LogP contribution < -0.4 is 16.2 Å². The molecule has 0 saturated carbocycles. The van der Waals surface area contributed by atoms with Crippen molar-refractivity contribution in [3.63, 3.8) is 0 Å². The average Bonchev–Trinajstić information content (AvgIpc) is 2.66. The quantitative estimate of drug-likeness (QED) is 0.764. The van der Waals surface area contributed by atoms with E-state index in [1.807, 2.05) is 12.1 Å². The maximum atomic E-state index is 12.4. The first-order valence-corrected chi connectivity index (χ1v) is 10.0. The smallest absolute Gasteiger partial charge is 0.290 e. The van der Waals surface area contributed by atoms with Crippen molar-refractivity contribution in [2.45, 2.75) is 32.9 Å². The number of nitrogens with two attached hydrogens (primary N) is 1. The summed E-state index contributed by atoms with van der Waals surface area (Å²) in [5, 5.41) is 14.9. The lowest BCUT2D eigenvalue weighted by Gasteiger charge is -2.36. The molecule has 0 radical (unpaired) electrons. The zero-order chi connectivity index (χ0) is 20.3. The average molecular weight is 406 g/mol. The number of aryl methyl sites for hydroxylation is 2. The maximum Gasteiger partial charge on any atom is 0.290 e. The molecule has 1 unspecified atom stereocenters. The monoisotopic (exact) mass is 405 g/mol. The Morgan fingerprint density at radius 2 is 1.82 bits per heavy atom. The molecule has 28 heavy (non-hydrogen) atoms. The van der Waals surface area contributed by atoms with Crippen LogP contribution in [0, 0.1) is 6.92 Å². The maximum absolute atomic E-state index is 12.4. The van der Waals surface area contributed by atoms with Gasteiger partial charge >= 0.3 is 0 Å². The van der Waals surface area contributed by atoms with E-state index >= 15 is 0 Å². The number of anilines is 2. The number of aromatic nitrogens is 2. The Morgan fingerprint density at radius 3 is 2.43 bits per heavy atom. The van der Waals surface area contributed by atoms with Crippen LogP contribution in [0.5, 0.6) is 0 Å². The molecule has 2 heterocycles. The molecule has 3 N–H and O–H groups in total. The summed E-state index contributed by atoms with van der Waals surface area (Å²) in [7, 11) is 0. The highest BCUT2D eigenvalue weighted by molar-refractivity contribution is 6.30. The van der Waals surface area contributed by atoms with Crippen molar-refractivity contribution in [2.75, 3.05) is 43.4 Å². The molecule has 1 aliphatic rings. The van der Waals surface area contributed by atoms with E-state index in [9.17, 15) is 9.90 Å². The summed E-state index contributed by atoms with van der Waals surface area (Å²) in [6.45, 7) is 8.67. The number of halogens is 1. The van der Waals surface area contributed by atoms with Crippen molar-refractivity contribution in [1.29, 1.82) is 0 Å². The highest BCUT2D eigenvalue weighted by Crippen LogP contribution is 2.20. The summed E-state index contributed by atoms with van der Waals surface area (Å²) >= 11 is 5.96. The lowest BCUT2D eigenvalue weighted by molar-refractivity contribution is 0.198. The molecule has 1 atom stereocenters. The van der Waals surface area contributed by atoms with Gasteiger partial charge in [0.15, 0.2) is 0 Å². The normalized spacial score (nSPS) is 16.4. The van der Waals surface area contributed by atoms with E-state index in [0.717, 1.165) is 44.2 Å². The summed E-state index contributed by atoms with van der Waals surface area (Å²) in [4.78, 5) is 17.1. The molecular weight excluding hydrogens is 378 g/mol. The van der Waals surface area contributed by atoms with Crippen LogP contribution in [-0.4, -0.2) is 52.5 Å². The molecule has 2 aromatic rings. The van der Waals surface area contributed by atoms with Crippen molar-refractivity contribution in [1.82, 2.24) is 14.7 Å². The number of benzene rings is 1. The number of nitrogen functional groups attached to an aromatic ring is 1. The summed E-state index contributed by atoms with van der Waals surface area (Å²) < 4.78 is 1.42. The summed E-state index contributed by atoms with van der Waals surface area (Å²) in [5.74, 6) is 0. The molecule has 1 fully saturated rings. The van der Waals surface area contributed by atoms with Gasteiger partial charge in [0.2, 0.25) is 0 Å². The van der Waals surface area contributed by atoms with Gasteiger partial charge in [-0.05, 0) is 44.5 Å². The fraction of sp³-hybridized carbons (Fsp3) is 0.500. The predicted molar refractivity (Wildman–Crippen MR) is 113 cm³/mol. The molecule has 152 valence electrons. The molecule has 7 nitrogen and oxygen atoms in total. The van der Waals surface area contributed by atoms with Crippen LogP contribution in [0.1, 0.15) is 30.7 Å². The third-order valence-electron chi connectivity index (χ3n) is 5.24. The second-order valence-corrected chi connectivity index (χ2v) is 7.71. The SMILES string of the molecule is Cc1nn(CCCN2CCN(c3ccc(Cl)cc3)CC2)c(=O)c(N)c1C(C)O. The van der Waals surface area contributed by atoms with E-state index in [2.05, 4.69) is 27.0 Å². The number of nitrogens with zero attached hydrogens (tertiary/aromatic N) is 4. The van der Waals surface area contributed by atoms with E-state index in [0.29, 0.717) is 17.8 Å². The van der Waals surface area contributed by atoms with Crippen molar-refractivity contribution in [3.8, 4) is 0 Å². The van der Waals surface area contributed by atoms with Gasteiger partial charge in [0.1, 0.15) is 5.69 Å². The fourth-order valence-electron chi connectivity index (χ4n) is 3.73. The van der Waals surface area contributed by atoms with E-state index < -0.39 is 6.10 Å². The van der Waals surface area contributed by atoms with Gasteiger partial charge in [0.25, 0.3) is 5.56 Å². The van der Waals surface area contributed by atoms with Crippen LogP contribution in [0.15, 0.2) is 29.1 Å². The Kier molecular flexibility index (Phi) is 6.59. The molecule has 8 heteroatoms. The summed E-state index contributed by atoms with van der Waals surface area (Å²) in [5.41, 5.74) is 7.92. The largest absolute Gasteiger partial charge is 0.394 e. The minimum absolute atomic E-state index is 0.0964. The molecule has 1 saturated heterocycles. The topological polar surface area (TPSA) is 87.6 Å². The van der Waals surface area contributed by atoms with Gasteiger partial charge in [0.05, 0.1) is 11.8 Å². The first kappa shape index (κ1) is 20.6. The van der Waals surface area contributed by atoms with Gasteiger partial charge in [-0.15, -0.1) is 0 Å². The van der Waals surface area contributed by atoms with Crippen molar-refractivity contribution < 1.29 is 5.11 Å². The lowest BCUT2D eigenvalue weighted by Crippen LogP contribution is -2.46. The van der Waals surface area contributed by atoms with Gasteiger partial charge in [-0.3, -0.25) is 9.69 Å². The molecular formula is C20H28ClN5O2. The van der Waals surface area contributed by atoms with E-state index in [1.54, 1.807) is 13.8 Å². The highest BCUT2D eigenvalue weighted by atomic mass is 35.5. The Balaban J connectivity index is 1.51. The standard InChI is InChI=1S/C20H28ClN5O2/c1-14-18(15(2)27)19(22)20(28)26(23-14)9-3-8-24-10-12-25(13-11-24)17-6-4-16(21)5-7-17/h4-7,15,27H,3,8-13,22H2,1-2H3. The fourth-order valence-corrected chi connectivity index (χ4v) is 3.86. The summed E-state index contributed by atoms with van der Waals surface area (Å²) in [6.07, 6.45) is 0.0209. The molecule has 0 aliphatic carbocycles. The zero-order valence-corrected chi connectivity index (χ0v) is 17.2. The predicted octanol–water partition coefficient (Wildman–Crippen LogP) is 2.05. The second-order valence-electron chi connectivity index (χ2n) is 7.28. The number of rotatable bonds is 6.